The van der Waals surface area contributed by atoms with Gasteiger partial charge in [0.05, 0.1) is 5.69 Å². The number of phenolic OH excluding ortho intramolecular Hbond substituents is 1. The van der Waals surface area contributed by atoms with Crippen LogP contribution >= 0.6 is 15.9 Å². The maximum atomic E-state index is 9.25. The second-order valence-corrected chi connectivity index (χ2v) is 4.05. The number of aromatic hydroxyl groups is 1. The molecule has 0 unspecified atom stereocenters. The molecule has 0 aliphatic carbocycles. The smallest absolute Gasteiger partial charge is 0.130 e. The van der Waals surface area contributed by atoms with Crippen molar-refractivity contribution in [3.63, 3.8) is 0 Å². The summed E-state index contributed by atoms with van der Waals surface area (Å²) in [5.41, 5.74) is 0.831. The van der Waals surface area contributed by atoms with Gasteiger partial charge in [-0.1, -0.05) is 12.1 Å². The van der Waals surface area contributed by atoms with Crippen LogP contribution in [0.15, 0.2) is 47.1 Å². The van der Waals surface area contributed by atoms with E-state index < -0.39 is 0 Å². The number of pyridine rings is 1. The van der Waals surface area contributed by atoms with Gasteiger partial charge in [-0.2, -0.15) is 0 Å². The van der Waals surface area contributed by atoms with Crippen molar-refractivity contribution in [3.05, 3.63) is 52.8 Å². The summed E-state index contributed by atoms with van der Waals surface area (Å²) in [7, 11) is 0. The van der Waals surface area contributed by atoms with Gasteiger partial charge in [0.15, 0.2) is 0 Å². The van der Waals surface area contributed by atoms with E-state index in [0.717, 1.165) is 10.3 Å². The third kappa shape index (κ3) is 2.97. The van der Waals surface area contributed by atoms with E-state index in [-0.39, 0.29) is 5.75 Å². The summed E-state index contributed by atoms with van der Waals surface area (Å²) in [6.45, 7) is 0.378. The molecule has 0 amide bonds. The molecule has 0 radical (unpaired) electrons. The predicted octanol–water partition coefficient (Wildman–Crippen LogP) is 3.13. The average Bonchev–Trinajstić information content (AvgIpc) is 2.27. The molecule has 82 valence electrons. The molecule has 0 bridgehead atoms. The lowest BCUT2D eigenvalue weighted by atomic mass is 10.3. The Morgan fingerprint density at radius 1 is 1.19 bits per heavy atom. The van der Waals surface area contributed by atoms with Gasteiger partial charge in [-0.15, -0.1) is 0 Å². The third-order valence-corrected chi connectivity index (χ3v) is 2.42. The second kappa shape index (κ2) is 4.99. The SMILES string of the molecule is Oc1cccc(OCc2cccc(Br)n2)c1. The van der Waals surface area contributed by atoms with E-state index in [1.54, 1.807) is 24.3 Å². The third-order valence-electron chi connectivity index (χ3n) is 1.98. The number of aromatic nitrogens is 1. The Balaban J connectivity index is 2.02. The number of benzene rings is 1. The maximum Gasteiger partial charge on any atom is 0.130 e. The fourth-order valence-corrected chi connectivity index (χ4v) is 1.64. The second-order valence-electron chi connectivity index (χ2n) is 3.24. The first kappa shape index (κ1) is 11.0. The van der Waals surface area contributed by atoms with Crippen molar-refractivity contribution < 1.29 is 9.84 Å². The Morgan fingerprint density at radius 3 is 2.75 bits per heavy atom. The Morgan fingerprint density at radius 2 is 2.00 bits per heavy atom. The average molecular weight is 280 g/mol. The zero-order chi connectivity index (χ0) is 11.4. The molecule has 0 atom stereocenters. The monoisotopic (exact) mass is 279 g/mol. The summed E-state index contributed by atoms with van der Waals surface area (Å²) >= 11 is 3.29. The summed E-state index contributed by atoms with van der Waals surface area (Å²) in [6.07, 6.45) is 0. The molecule has 0 saturated heterocycles. The minimum absolute atomic E-state index is 0.194. The molecule has 2 rings (SSSR count). The van der Waals surface area contributed by atoms with Crippen molar-refractivity contribution in [2.24, 2.45) is 0 Å². The van der Waals surface area contributed by atoms with Crippen molar-refractivity contribution in [3.8, 4) is 11.5 Å². The molecule has 0 aliphatic rings. The molecule has 0 spiro atoms. The van der Waals surface area contributed by atoms with Gasteiger partial charge in [0.2, 0.25) is 0 Å². The van der Waals surface area contributed by atoms with Gasteiger partial charge in [-0.25, -0.2) is 4.98 Å². The number of ether oxygens (including phenoxy) is 1. The van der Waals surface area contributed by atoms with Gasteiger partial charge in [0.25, 0.3) is 0 Å². The Hall–Kier alpha value is -1.55. The van der Waals surface area contributed by atoms with Gasteiger partial charge in [-0.3, -0.25) is 0 Å². The van der Waals surface area contributed by atoms with Crippen LogP contribution in [0.1, 0.15) is 5.69 Å². The number of hydrogen-bond donors (Lipinski definition) is 1. The summed E-state index contributed by atoms with van der Waals surface area (Å²) in [6, 6.07) is 12.3. The summed E-state index contributed by atoms with van der Waals surface area (Å²) in [5.74, 6) is 0.821. The molecule has 16 heavy (non-hydrogen) atoms. The highest BCUT2D eigenvalue weighted by Gasteiger charge is 1.98. The molecule has 1 aromatic heterocycles. The maximum absolute atomic E-state index is 9.25. The molecule has 1 heterocycles. The van der Waals surface area contributed by atoms with Crippen LogP contribution in [0.2, 0.25) is 0 Å². The molecule has 0 saturated carbocycles. The first-order valence-electron chi connectivity index (χ1n) is 4.77. The lowest BCUT2D eigenvalue weighted by molar-refractivity contribution is 0.299. The number of halogens is 1. The quantitative estimate of drug-likeness (QED) is 0.878. The van der Waals surface area contributed by atoms with E-state index in [1.165, 1.54) is 0 Å². The first-order valence-corrected chi connectivity index (χ1v) is 5.56. The fraction of sp³-hybridized carbons (Fsp3) is 0.0833. The van der Waals surface area contributed by atoms with Crippen LogP contribution < -0.4 is 4.74 Å². The summed E-state index contributed by atoms with van der Waals surface area (Å²) < 4.78 is 6.27. The largest absolute Gasteiger partial charge is 0.508 e. The summed E-state index contributed by atoms with van der Waals surface area (Å²) in [5, 5.41) is 9.25. The van der Waals surface area contributed by atoms with E-state index in [4.69, 9.17) is 4.74 Å². The first-order chi connectivity index (χ1) is 7.74. The van der Waals surface area contributed by atoms with Crippen molar-refractivity contribution in [1.29, 1.82) is 0 Å². The molecule has 3 nitrogen and oxygen atoms in total. The van der Waals surface area contributed by atoms with Gasteiger partial charge in [0.1, 0.15) is 22.7 Å². The Bertz CT molecular complexity index is 442. The number of nitrogens with zero attached hydrogens (tertiary/aromatic N) is 1. The zero-order valence-electron chi connectivity index (χ0n) is 8.43. The van der Waals surface area contributed by atoms with E-state index in [2.05, 4.69) is 20.9 Å². The molecule has 0 aliphatic heterocycles. The number of rotatable bonds is 3. The molecule has 4 heteroatoms. The zero-order valence-corrected chi connectivity index (χ0v) is 10.0. The minimum Gasteiger partial charge on any atom is -0.508 e. The normalized spacial score (nSPS) is 10.1. The van der Waals surface area contributed by atoms with E-state index in [9.17, 15) is 5.11 Å². The number of hydrogen-bond acceptors (Lipinski definition) is 3. The van der Waals surface area contributed by atoms with E-state index in [1.807, 2.05) is 18.2 Å². The van der Waals surface area contributed by atoms with Crippen molar-refractivity contribution in [2.75, 3.05) is 0 Å². The molecule has 1 aromatic carbocycles. The standard InChI is InChI=1S/C12H10BrNO2/c13-12-6-1-3-9(14-12)8-16-11-5-2-4-10(15)7-11/h1-7,15H,8H2. The number of phenols is 1. The van der Waals surface area contributed by atoms with Gasteiger partial charge < -0.3 is 9.84 Å². The fourth-order valence-electron chi connectivity index (χ4n) is 1.26. The lowest BCUT2D eigenvalue weighted by Gasteiger charge is -2.05. The highest BCUT2D eigenvalue weighted by molar-refractivity contribution is 9.10. The molecular formula is C12H10BrNO2. The molecule has 2 aromatic rings. The van der Waals surface area contributed by atoms with Crippen LogP contribution in [0.3, 0.4) is 0 Å². The van der Waals surface area contributed by atoms with Crippen LogP contribution in [0, 0.1) is 0 Å². The molecule has 1 N–H and O–H groups in total. The van der Waals surface area contributed by atoms with Crippen LogP contribution in [0.5, 0.6) is 11.5 Å². The van der Waals surface area contributed by atoms with Crippen LogP contribution in [0.4, 0.5) is 0 Å². The van der Waals surface area contributed by atoms with E-state index >= 15 is 0 Å². The van der Waals surface area contributed by atoms with Gasteiger partial charge >= 0.3 is 0 Å². The molecular weight excluding hydrogens is 270 g/mol. The Labute approximate surface area is 102 Å². The summed E-state index contributed by atoms with van der Waals surface area (Å²) in [4.78, 5) is 4.24. The van der Waals surface area contributed by atoms with Gasteiger partial charge in [0, 0.05) is 6.07 Å². The highest BCUT2D eigenvalue weighted by atomic mass is 79.9. The highest BCUT2D eigenvalue weighted by Crippen LogP contribution is 2.18. The Kier molecular flexibility index (Phi) is 3.41. The van der Waals surface area contributed by atoms with Crippen molar-refractivity contribution in [1.82, 2.24) is 4.98 Å². The topological polar surface area (TPSA) is 42.4 Å². The van der Waals surface area contributed by atoms with Gasteiger partial charge in [-0.05, 0) is 40.2 Å². The van der Waals surface area contributed by atoms with Crippen molar-refractivity contribution in [2.45, 2.75) is 6.61 Å². The molecule has 0 fully saturated rings. The minimum atomic E-state index is 0.194. The lowest BCUT2D eigenvalue weighted by Crippen LogP contribution is -1.97. The van der Waals surface area contributed by atoms with E-state index in [0.29, 0.717) is 12.4 Å². The predicted molar refractivity (Wildman–Crippen MR) is 64.4 cm³/mol. The van der Waals surface area contributed by atoms with Crippen molar-refractivity contribution >= 4 is 15.9 Å². The van der Waals surface area contributed by atoms with Crippen LogP contribution in [0.25, 0.3) is 0 Å². The van der Waals surface area contributed by atoms with Crippen LogP contribution in [-0.2, 0) is 6.61 Å². The van der Waals surface area contributed by atoms with Crippen LogP contribution in [-0.4, -0.2) is 10.1 Å².